The van der Waals surface area contributed by atoms with Gasteiger partial charge in [0.25, 0.3) is 0 Å². The number of aryl methyl sites for hydroxylation is 1. The lowest BCUT2D eigenvalue weighted by molar-refractivity contribution is 0.0709. The fourth-order valence-electron chi connectivity index (χ4n) is 3.02. The second-order valence-corrected chi connectivity index (χ2v) is 8.44. The fraction of sp³-hybridized carbons (Fsp3) is 0.647. The molecule has 0 aromatic heterocycles. The van der Waals surface area contributed by atoms with Gasteiger partial charge < -0.3 is 23.5 Å². The zero-order valence-electron chi connectivity index (χ0n) is 14.9. The van der Waals surface area contributed by atoms with E-state index in [0.29, 0.717) is 19.8 Å². The van der Waals surface area contributed by atoms with Crippen molar-refractivity contribution < 1.29 is 13.3 Å². The van der Waals surface area contributed by atoms with Crippen molar-refractivity contribution in [2.24, 2.45) is 0 Å². The number of nitrogens with zero attached hydrogens (tertiary/aromatic N) is 1. The van der Waals surface area contributed by atoms with Crippen molar-refractivity contribution in [3.63, 3.8) is 0 Å². The summed E-state index contributed by atoms with van der Waals surface area (Å²) in [6, 6.07) is 7.43. The zero-order valence-corrected chi connectivity index (χ0v) is 15.9. The van der Waals surface area contributed by atoms with Crippen LogP contribution in [0.1, 0.15) is 32.8 Å². The number of anilines is 2. The lowest BCUT2D eigenvalue weighted by Gasteiger charge is -2.29. The molecule has 1 aromatic carbocycles. The molecule has 0 saturated heterocycles. The minimum absolute atomic E-state index is 0.638. The van der Waals surface area contributed by atoms with Crippen LogP contribution >= 0.6 is 0 Å². The summed E-state index contributed by atoms with van der Waals surface area (Å²) in [7, 11) is -2.52. The van der Waals surface area contributed by atoms with Gasteiger partial charge in [-0.1, -0.05) is 6.07 Å². The summed E-state index contributed by atoms with van der Waals surface area (Å²) in [5, 5.41) is 3.46. The van der Waals surface area contributed by atoms with E-state index in [1.807, 2.05) is 20.8 Å². The van der Waals surface area contributed by atoms with E-state index in [4.69, 9.17) is 13.3 Å². The number of benzene rings is 1. The molecule has 5 nitrogen and oxygen atoms in total. The zero-order chi connectivity index (χ0) is 16.7. The van der Waals surface area contributed by atoms with Gasteiger partial charge in [0.1, 0.15) is 0 Å². The van der Waals surface area contributed by atoms with Gasteiger partial charge in [-0.15, -0.1) is 0 Å². The van der Waals surface area contributed by atoms with Crippen LogP contribution in [0.25, 0.3) is 0 Å². The van der Waals surface area contributed by atoms with E-state index < -0.39 is 8.80 Å². The van der Waals surface area contributed by atoms with Crippen LogP contribution in [0.3, 0.4) is 0 Å². The van der Waals surface area contributed by atoms with E-state index in [0.717, 1.165) is 25.7 Å². The Morgan fingerprint density at radius 1 is 1.09 bits per heavy atom. The molecule has 0 aliphatic carbocycles. The Hall–Kier alpha value is -1.08. The molecule has 1 aromatic rings. The van der Waals surface area contributed by atoms with Crippen molar-refractivity contribution in [1.82, 2.24) is 0 Å². The maximum Gasteiger partial charge on any atom is 0.500 e. The molecule has 0 radical (unpaired) electrons. The molecular formula is C17H30N2O3Si. The van der Waals surface area contributed by atoms with E-state index in [1.54, 1.807) is 0 Å². The Balaban J connectivity index is 1.93. The average Bonchev–Trinajstić information content (AvgIpc) is 2.90. The van der Waals surface area contributed by atoms with Crippen molar-refractivity contribution in [3.8, 4) is 0 Å². The number of nitrogens with one attached hydrogen (secondary N) is 1. The van der Waals surface area contributed by atoms with Gasteiger partial charge in [0, 0.05) is 32.4 Å². The third kappa shape index (κ3) is 4.70. The first kappa shape index (κ1) is 18.3. The van der Waals surface area contributed by atoms with Gasteiger partial charge in [-0.25, -0.2) is 0 Å². The van der Waals surface area contributed by atoms with E-state index in [1.165, 1.54) is 16.9 Å². The van der Waals surface area contributed by atoms with Crippen LogP contribution in [-0.2, 0) is 13.3 Å². The van der Waals surface area contributed by atoms with E-state index >= 15 is 0 Å². The first-order valence-electron chi connectivity index (χ1n) is 8.65. The van der Waals surface area contributed by atoms with Gasteiger partial charge >= 0.3 is 8.80 Å². The Morgan fingerprint density at radius 3 is 2.35 bits per heavy atom. The van der Waals surface area contributed by atoms with Crippen molar-refractivity contribution in [1.29, 1.82) is 0 Å². The Morgan fingerprint density at radius 2 is 1.74 bits per heavy atom. The highest BCUT2D eigenvalue weighted by molar-refractivity contribution is 6.60. The number of hydrogen-bond acceptors (Lipinski definition) is 5. The number of rotatable bonds is 10. The highest BCUT2D eigenvalue weighted by Gasteiger charge is 2.39. The quantitative estimate of drug-likeness (QED) is 0.660. The molecule has 0 spiro atoms. The second kappa shape index (κ2) is 8.68. The summed E-state index contributed by atoms with van der Waals surface area (Å²) in [4.78, 5) is 2.37. The number of hydrogen-bond donors (Lipinski definition) is 1. The molecule has 2 rings (SSSR count). The summed E-state index contributed by atoms with van der Waals surface area (Å²) in [6.07, 6.45) is 1.00. The third-order valence-corrected chi connectivity index (χ3v) is 7.11. The molecule has 0 saturated carbocycles. The minimum atomic E-state index is -2.52. The van der Waals surface area contributed by atoms with Crippen LogP contribution in [0.4, 0.5) is 11.4 Å². The van der Waals surface area contributed by atoms with Crippen LogP contribution in [0.2, 0.25) is 6.04 Å². The van der Waals surface area contributed by atoms with Crippen LogP contribution in [0, 0.1) is 6.92 Å². The lowest BCUT2D eigenvalue weighted by atomic mass is 10.2. The summed E-state index contributed by atoms with van der Waals surface area (Å²) >= 11 is 0. The van der Waals surface area contributed by atoms with Crippen molar-refractivity contribution in [3.05, 3.63) is 23.8 Å². The molecule has 0 fully saturated rings. The van der Waals surface area contributed by atoms with E-state index in [2.05, 4.69) is 35.3 Å². The topological polar surface area (TPSA) is 43.0 Å². The molecular weight excluding hydrogens is 308 g/mol. The van der Waals surface area contributed by atoms with Crippen LogP contribution in [-0.4, -0.2) is 41.8 Å². The molecule has 1 N–H and O–H groups in total. The summed E-state index contributed by atoms with van der Waals surface area (Å²) in [5.74, 6) is 0. The van der Waals surface area contributed by atoms with Gasteiger partial charge in [0.05, 0.1) is 18.0 Å². The Bertz CT molecular complexity index is 482. The van der Waals surface area contributed by atoms with Crippen LogP contribution in [0.15, 0.2) is 18.2 Å². The fourth-order valence-corrected chi connectivity index (χ4v) is 5.61. The summed E-state index contributed by atoms with van der Waals surface area (Å²) < 4.78 is 17.8. The normalized spacial score (nSPS) is 14.0. The maximum absolute atomic E-state index is 5.92. The highest BCUT2D eigenvalue weighted by atomic mass is 28.4. The molecule has 1 aliphatic heterocycles. The van der Waals surface area contributed by atoms with E-state index in [9.17, 15) is 0 Å². The number of fused-ring (bicyclic) bond motifs is 1. The van der Waals surface area contributed by atoms with Crippen LogP contribution < -0.4 is 10.2 Å². The largest absolute Gasteiger partial charge is 0.500 e. The standard InChI is InChI=1S/C17H30N2O3Si/c1-5-20-23(21-6-2,22-7-3)12-8-11-19-14-18-16-13-15(4)9-10-17(16)19/h9-10,13,18H,5-8,11-12,14H2,1-4H3. The Labute approximate surface area is 141 Å². The molecule has 23 heavy (non-hydrogen) atoms. The minimum Gasteiger partial charge on any atom is -0.374 e. The summed E-state index contributed by atoms with van der Waals surface area (Å²) in [6.45, 7) is 11.9. The molecule has 1 heterocycles. The predicted octanol–water partition coefficient (Wildman–Crippen LogP) is 3.62. The van der Waals surface area contributed by atoms with Gasteiger partial charge in [-0.05, 0) is 51.8 Å². The third-order valence-electron chi connectivity index (χ3n) is 3.96. The SMILES string of the molecule is CCO[Si](CCCN1CNc2cc(C)ccc21)(OCC)OCC. The molecule has 0 bridgehead atoms. The monoisotopic (exact) mass is 338 g/mol. The second-order valence-electron chi connectivity index (χ2n) is 5.70. The van der Waals surface area contributed by atoms with Crippen molar-refractivity contribution in [2.75, 3.05) is 43.3 Å². The molecule has 6 heteroatoms. The summed E-state index contributed by atoms with van der Waals surface area (Å²) in [5.41, 5.74) is 3.80. The van der Waals surface area contributed by atoms with Gasteiger partial charge in [-0.2, -0.15) is 0 Å². The van der Waals surface area contributed by atoms with Gasteiger partial charge in [0.2, 0.25) is 0 Å². The average molecular weight is 339 g/mol. The van der Waals surface area contributed by atoms with Crippen molar-refractivity contribution >= 4 is 20.2 Å². The maximum atomic E-state index is 5.92. The smallest absolute Gasteiger partial charge is 0.374 e. The molecule has 0 atom stereocenters. The van der Waals surface area contributed by atoms with Crippen molar-refractivity contribution in [2.45, 2.75) is 40.2 Å². The van der Waals surface area contributed by atoms with Gasteiger partial charge in [-0.3, -0.25) is 0 Å². The lowest BCUT2D eigenvalue weighted by Crippen LogP contribution is -2.46. The molecule has 1 aliphatic rings. The van der Waals surface area contributed by atoms with Crippen LogP contribution in [0.5, 0.6) is 0 Å². The molecule has 0 unspecified atom stereocenters. The first-order chi connectivity index (χ1) is 11.1. The molecule has 130 valence electrons. The first-order valence-corrected chi connectivity index (χ1v) is 10.6. The Kier molecular flexibility index (Phi) is 6.89. The predicted molar refractivity (Wildman–Crippen MR) is 97.1 cm³/mol. The van der Waals surface area contributed by atoms with E-state index in [-0.39, 0.29) is 0 Å². The molecule has 0 amide bonds. The highest BCUT2D eigenvalue weighted by Crippen LogP contribution is 2.32. The van der Waals surface area contributed by atoms with Gasteiger partial charge in [0.15, 0.2) is 0 Å².